The smallest absolute Gasteiger partial charge is 0.233 e. The quantitative estimate of drug-likeness (QED) is 0.544. The summed E-state index contributed by atoms with van der Waals surface area (Å²) in [6.07, 6.45) is 6.73. The van der Waals surface area contributed by atoms with Crippen molar-refractivity contribution in [2.75, 3.05) is 12.3 Å². The van der Waals surface area contributed by atoms with Crippen molar-refractivity contribution in [2.45, 2.75) is 43.9 Å². The second-order valence-electron chi connectivity index (χ2n) is 7.32. The molecule has 1 amide bonds. The van der Waals surface area contributed by atoms with Crippen LogP contribution in [-0.4, -0.2) is 38.7 Å². The number of piperidine rings is 1. The summed E-state index contributed by atoms with van der Waals surface area (Å²) in [5, 5.41) is 0.749. The Morgan fingerprint density at radius 2 is 2.10 bits per heavy atom. The summed E-state index contributed by atoms with van der Waals surface area (Å²) in [4.78, 5) is 19.3. The van der Waals surface area contributed by atoms with Gasteiger partial charge in [0.1, 0.15) is 11.6 Å². The minimum absolute atomic E-state index is 0.151. The zero-order valence-corrected chi connectivity index (χ0v) is 17.2. The van der Waals surface area contributed by atoms with E-state index >= 15 is 0 Å². The van der Waals surface area contributed by atoms with Crippen LogP contribution in [0.2, 0.25) is 0 Å². The van der Waals surface area contributed by atoms with Gasteiger partial charge in [0.05, 0.1) is 30.5 Å². The predicted octanol–water partition coefficient (Wildman–Crippen LogP) is 4.82. The van der Waals surface area contributed by atoms with E-state index in [4.69, 9.17) is 4.42 Å². The van der Waals surface area contributed by atoms with E-state index in [1.807, 2.05) is 21.6 Å². The van der Waals surface area contributed by atoms with Gasteiger partial charge in [0.15, 0.2) is 5.16 Å². The van der Waals surface area contributed by atoms with Crippen LogP contribution in [0.1, 0.15) is 31.9 Å². The van der Waals surface area contributed by atoms with Crippen LogP contribution in [0.25, 0.3) is 11.3 Å². The Balaban J connectivity index is 1.55. The van der Waals surface area contributed by atoms with Crippen LogP contribution in [0.5, 0.6) is 0 Å². The molecule has 3 aromatic rings. The molecule has 1 saturated heterocycles. The fraction of sp³-hybridized carbons (Fsp3) is 0.364. The maximum atomic E-state index is 13.3. The van der Waals surface area contributed by atoms with E-state index in [1.54, 1.807) is 24.6 Å². The molecule has 0 saturated carbocycles. The van der Waals surface area contributed by atoms with Crippen LogP contribution in [0.3, 0.4) is 0 Å². The van der Waals surface area contributed by atoms with Crippen molar-refractivity contribution in [3.05, 3.63) is 60.4 Å². The minimum Gasteiger partial charge on any atom is -0.467 e. The molecule has 0 N–H and O–H groups in total. The molecule has 4 rings (SSSR count). The van der Waals surface area contributed by atoms with Crippen molar-refractivity contribution in [1.82, 2.24) is 14.5 Å². The highest BCUT2D eigenvalue weighted by molar-refractivity contribution is 7.99. The molecule has 1 aliphatic heterocycles. The van der Waals surface area contributed by atoms with Crippen LogP contribution in [0.15, 0.2) is 58.4 Å². The van der Waals surface area contributed by atoms with E-state index < -0.39 is 0 Å². The molecule has 1 atom stereocenters. The van der Waals surface area contributed by atoms with E-state index in [9.17, 15) is 9.18 Å². The number of halogens is 1. The molecule has 0 aliphatic carbocycles. The van der Waals surface area contributed by atoms with Crippen molar-refractivity contribution in [1.29, 1.82) is 0 Å². The van der Waals surface area contributed by atoms with E-state index in [2.05, 4.69) is 11.9 Å². The molecule has 1 fully saturated rings. The van der Waals surface area contributed by atoms with Gasteiger partial charge in [-0.3, -0.25) is 4.79 Å². The molecule has 0 unspecified atom stereocenters. The molecule has 152 valence electrons. The van der Waals surface area contributed by atoms with Crippen molar-refractivity contribution in [3.63, 3.8) is 0 Å². The lowest BCUT2D eigenvalue weighted by molar-refractivity contribution is -0.131. The number of benzene rings is 1. The summed E-state index contributed by atoms with van der Waals surface area (Å²) >= 11 is 1.44. The van der Waals surface area contributed by atoms with E-state index in [0.29, 0.717) is 18.3 Å². The number of hydrogen-bond donors (Lipinski definition) is 0. The summed E-state index contributed by atoms with van der Waals surface area (Å²) < 4.78 is 20.9. The number of carbonyl (C=O) groups excluding carboxylic acids is 1. The van der Waals surface area contributed by atoms with Crippen molar-refractivity contribution < 1.29 is 13.6 Å². The fourth-order valence-corrected chi connectivity index (χ4v) is 4.58. The van der Waals surface area contributed by atoms with Gasteiger partial charge in [0, 0.05) is 12.6 Å². The molecule has 5 nitrogen and oxygen atoms in total. The van der Waals surface area contributed by atoms with Gasteiger partial charge in [-0.25, -0.2) is 9.37 Å². The number of nitrogens with zero attached hydrogens (tertiary/aromatic N) is 3. The molecule has 0 spiro atoms. The molecule has 3 heterocycles. The number of hydrogen-bond acceptors (Lipinski definition) is 4. The summed E-state index contributed by atoms with van der Waals surface area (Å²) in [6.45, 7) is 3.45. The highest BCUT2D eigenvalue weighted by Gasteiger charge is 2.24. The zero-order valence-electron chi connectivity index (χ0n) is 16.4. The lowest BCUT2D eigenvalue weighted by atomic mass is 10.0. The predicted molar refractivity (Wildman–Crippen MR) is 111 cm³/mol. The highest BCUT2D eigenvalue weighted by atomic mass is 32.2. The number of rotatable bonds is 6. The summed E-state index contributed by atoms with van der Waals surface area (Å²) in [7, 11) is 0. The van der Waals surface area contributed by atoms with Gasteiger partial charge in [0.25, 0.3) is 0 Å². The summed E-state index contributed by atoms with van der Waals surface area (Å²) in [5.74, 6) is 1.02. The van der Waals surface area contributed by atoms with Gasteiger partial charge in [-0.1, -0.05) is 11.8 Å². The zero-order chi connectivity index (χ0) is 20.2. The van der Waals surface area contributed by atoms with Crippen LogP contribution in [0, 0.1) is 5.82 Å². The Hall–Kier alpha value is -2.54. The van der Waals surface area contributed by atoms with Crippen LogP contribution in [0.4, 0.5) is 4.39 Å². The number of carbonyl (C=O) groups is 1. The maximum absolute atomic E-state index is 13.3. The Labute approximate surface area is 173 Å². The van der Waals surface area contributed by atoms with E-state index in [1.165, 1.54) is 30.3 Å². The molecule has 0 bridgehead atoms. The first-order chi connectivity index (χ1) is 14.1. The van der Waals surface area contributed by atoms with Gasteiger partial charge in [-0.2, -0.15) is 0 Å². The van der Waals surface area contributed by atoms with Crippen molar-refractivity contribution >= 4 is 17.7 Å². The second-order valence-corrected chi connectivity index (χ2v) is 8.26. The van der Waals surface area contributed by atoms with Gasteiger partial charge < -0.3 is 13.9 Å². The molecule has 2 aromatic heterocycles. The number of thioether (sulfide) groups is 1. The SMILES string of the molecule is C[C@H]1CCCCN1C(=O)CSc1ncc(-c2ccc(F)cc2)n1Cc1ccco1. The first-order valence-corrected chi connectivity index (χ1v) is 10.9. The number of aromatic nitrogens is 2. The largest absolute Gasteiger partial charge is 0.467 e. The van der Waals surface area contributed by atoms with E-state index in [-0.39, 0.29) is 11.7 Å². The Bertz CT molecular complexity index is 953. The monoisotopic (exact) mass is 413 g/mol. The summed E-state index contributed by atoms with van der Waals surface area (Å²) in [6, 6.07) is 10.4. The van der Waals surface area contributed by atoms with Crippen molar-refractivity contribution in [3.8, 4) is 11.3 Å². The third-order valence-corrected chi connectivity index (χ3v) is 6.28. The van der Waals surface area contributed by atoms with Gasteiger partial charge in [0.2, 0.25) is 5.91 Å². The Kier molecular flexibility index (Phi) is 6.04. The Morgan fingerprint density at radius 3 is 2.83 bits per heavy atom. The number of amides is 1. The lowest BCUT2D eigenvalue weighted by Crippen LogP contribution is -2.43. The minimum atomic E-state index is -0.276. The first-order valence-electron chi connectivity index (χ1n) is 9.88. The number of likely N-dealkylation sites (tertiary alicyclic amines) is 1. The van der Waals surface area contributed by atoms with Crippen LogP contribution < -0.4 is 0 Å². The van der Waals surface area contributed by atoms with Gasteiger partial charge in [-0.15, -0.1) is 0 Å². The van der Waals surface area contributed by atoms with Crippen LogP contribution in [-0.2, 0) is 11.3 Å². The Morgan fingerprint density at radius 1 is 1.28 bits per heavy atom. The molecular weight excluding hydrogens is 389 g/mol. The lowest BCUT2D eigenvalue weighted by Gasteiger charge is -2.33. The fourth-order valence-electron chi connectivity index (χ4n) is 3.71. The number of furan rings is 1. The van der Waals surface area contributed by atoms with Gasteiger partial charge in [-0.05, 0) is 68.1 Å². The molecule has 1 aromatic carbocycles. The molecule has 29 heavy (non-hydrogen) atoms. The number of imidazole rings is 1. The molecular formula is C22H24FN3O2S. The maximum Gasteiger partial charge on any atom is 0.233 e. The summed E-state index contributed by atoms with van der Waals surface area (Å²) in [5.41, 5.74) is 1.73. The third kappa shape index (κ3) is 4.56. The normalized spacial score (nSPS) is 16.9. The average molecular weight is 414 g/mol. The van der Waals surface area contributed by atoms with E-state index in [0.717, 1.165) is 41.6 Å². The average Bonchev–Trinajstić information content (AvgIpc) is 3.38. The topological polar surface area (TPSA) is 51.3 Å². The third-order valence-electron chi connectivity index (χ3n) is 5.30. The molecule has 0 radical (unpaired) electrons. The van der Waals surface area contributed by atoms with Crippen molar-refractivity contribution in [2.24, 2.45) is 0 Å². The highest BCUT2D eigenvalue weighted by Crippen LogP contribution is 2.28. The molecule has 1 aliphatic rings. The molecule has 7 heteroatoms. The van der Waals surface area contributed by atoms with Gasteiger partial charge >= 0.3 is 0 Å². The standard InChI is InChI=1S/C22H24FN3O2S/c1-16-5-2-3-11-25(16)21(27)15-29-22-24-13-20(17-7-9-18(23)10-8-17)26(22)14-19-6-4-12-28-19/h4,6-10,12-13,16H,2-3,5,11,14-15H2,1H3/t16-/m0/s1. The second kappa shape index (κ2) is 8.86. The first kappa shape index (κ1) is 19.8. The van der Waals surface area contributed by atoms with Crippen LogP contribution >= 0.6 is 11.8 Å².